The van der Waals surface area contributed by atoms with Crippen LogP contribution in [-0.4, -0.2) is 0 Å². The van der Waals surface area contributed by atoms with Crippen LogP contribution in [0.5, 0.6) is 0 Å². The van der Waals surface area contributed by atoms with Crippen LogP contribution >= 0.6 is 27.3 Å². The molecule has 0 nitrogen and oxygen atoms in total. The second-order valence-corrected chi connectivity index (χ2v) is 7.82. The molecule has 1 atom stereocenters. The molecule has 0 aromatic carbocycles. The van der Waals surface area contributed by atoms with Crippen molar-refractivity contribution in [2.45, 2.75) is 63.6 Å². The average Bonchev–Trinajstić information content (AvgIpc) is 2.56. The van der Waals surface area contributed by atoms with Crippen LogP contribution < -0.4 is 0 Å². The fourth-order valence-corrected chi connectivity index (χ4v) is 5.09. The minimum Gasteiger partial charge on any atom is -0.146 e. The summed E-state index contributed by atoms with van der Waals surface area (Å²) in [5, 5.41) is 0. The van der Waals surface area contributed by atoms with E-state index in [0.29, 0.717) is 4.83 Å². The van der Waals surface area contributed by atoms with Crippen molar-refractivity contribution in [1.29, 1.82) is 0 Å². The van der Waals surface area contributed by atoms with Gasteiger partial charge in [-0.15, -0.1) is 11.3 Å². The normalized spacial score (nSPS) is 20.9. The summed E-state index contributed by atoms with van der Waals surface area (Å²) in [6.45, 7) is 4.49. The Kier molecular flexibility index (Phi) is 5.10. The number of halogens is 1. The van der Waals surface area contributed by atoms with E-state index in [1.54, 1.807) is 5.56 Å². The lowest BCUT2D eigenvalue weighted by Crippen LogP contribution is -2.10. The monoisotopic (exact) mass is 314 g/mol. The van der Waals surface area contributed by atoms with Crippen LogP contribution in [0.1, 0.15) is 65.1 Å². The van der Waals surface area contributed by atoms with Gasteiger partial charge in [-0.1, -0.05) is 48.0 Å². The lowest BCUT2D eigenvalue weighted by Gasteiger charge is -2.24. The highest BCUT2D eigenvalue weighted by atomic mass is 79.9. The van der Waals surface area contributed by atoms with E-state index in [-0.39, 0.29) is 0 Å². The number of rotatable bonds is 2. The van der Waals surface area contributed by atoms with Crippen molar-refractivity contribution < 1.29 is 0 Å². The van der Waals surface area contributed by atoms with E-state index in [1.807, 2.05) is 11.3 Å². The van der Waals surface area contributed by atoms with Gasteiger partial charge < -0.3 is 0 Å². The van der Waals surface area contributed by atoms with E-state index in [9.17, 15) is 0 Å². The van der Waals surface area contributed by atoms with Gasteiger partial charge in [-0.3, -0.25) is 0 Å². The van der Waals surface area contributed by atoms with Gasteiger partial charge in [0.15, 0.2) is 0 Å². The molecule has 1 aromatic rings. The van der Waals surface area contributed by atoms with Crippen molar-refractivity contribution in [1.82, 2.24) is 0 Å². The predicted molar refractivity (Wildman–Crippen MR) is 81.3 cm³/mol. The Labute approximate surface area is 118 Å². The van der Waals surface area contributed by atoms with Crippen LogP contribution in [0.25, 0.3) is 0 Å². The topological polar surface area (TPSA) is 0 Å². The molecule has 1 fully saturated rings. The highest BCUT2D eigenvalue weighted by molar-refractivity contribution is 9.09. The molecule has 0 aliphatic heterocycles. The van der Waals surface area contributed by atoms with Crippen molar-refractivity contribution in [3.8, 4) is 0 Å². The Morgan fingerprint density at radius 3 is 2.24 bits per heavy atom. The van der Waals surface area contributed by atoms with Gasteiger partial charge in [-0.05, 0) is 44.2 Å². The Bertz CT molecular complexity index is 348. The molecule has 17 heavy (non-hydrogen) atoms. The summed E-state index contributed by atoms with van der Waals surface area (Å²) < 4.78 is 0. The lowest BCUT2D eigenvalue weighted by molar-refractivity contribution is 0.374. The average molecular weight is 315 g/mol. The standard InChI is InChI=1S/C15H23BrS/c1-11-10-14(12(2)17-11)15(16)13-8-6-4-3-5-7-9-13/h10,13,15H,3-9H2,1-2H3. The van der Waals surface area contributed by atoms with Gasteiger partial charge in [-0.2, -0.15) is 0 Å². The summed E-state index contributed by atoms with van der Waals surface area (Å²) in [4.78, 5) is 3.55. The first-order chi connectivity index (χ1) is 8.18. The van der Waals surface area contributed by atoms with Gasteiger partial charge >= 0.3 is 0 Å². The van der Waals surface area contributed by atoms with Crippen molar-refractivity contribution in [3.05, 3.63) is 21.4 Å². The zero-order chi connectivity index (χ0) is 12.3. The van der Waals surface area contributed by atoms with Crippen LogP contribution in [0, 0.1) is 19.8 Å². The number of thiophene rings is 1. The molecule has 1 heterocycles. The summed E-state index contributed by atoms with van der Waals surface area (Å²) in [6.07, 6.45) is 10.0. The Balaban J connectivity index is 2.06. The second-order valence-electron chi connectivity index (χ2n) is 5.38. The lowest BCUT2D eigenvalue weighted by atomic mass is 9.86. The van der Waals surface area contributed by atoms with E-state index in [4.69, 9.17) is 0 Å². The molecule has 0 N–H and O–H groups in total. The number of hydrogen-bond acceptors (Lipinski definition) is 1. The van der Waals surface area contributed by atoms with E-state index >= 15 is 0 Å². The van der Waals surface area contributed by atoms with Crippen molar-refractivity contribution in [3.63, 3.8) is 0 Å². The van der Waals surface area contributed by atoms with Crippen molar-refractivity contribution >= 4 is 27.3 Å². The first kappa shape index (κ1) is 13.6. The molecule has 0 saturated heterocycles. The summed E-state index contributed by atoms with van der Waals surface area (Å²) in [5.74, 6) is 0.850. The van der Waals surface area contributed by atoms with Crippen LogP contribution in [0.3, 0.4) is 0 Å². The molecule has 1 unspecified atom stereocenters. The molecule has 96 valence electrons. The summed E-state index contributed by atoms with van der Waals surface area (Å²) in [5.41, 5.74) is 1.55. The molecule has 1 aliphatic carbocycles. The maximum atomic E-state index is 3.98. The zero-order valence-electron chi connectivity index (χ0n) is 11.0. The molecular formula is C15H23BrS. The number of hydrogen-bond donors (Lipinski definition) is 0. The molecule has 0 radical (unpaired) electrons. The number of alkyl halides is 1. The van der Waals surface area contributed by atoms with Gasteiger partial charge in [-0.25, -0.2) is 0 Å². The van der Waals surface area contributed by atoms with Gasteiger partial charge in [0.1, 0.15) is 0 Å². The van der Waals surface area contributed by atoms with Crippen LogP contribution in [0.2, 0.25) is 0 Å². The molecule has 1 aliphatic rings. The van der Waals surface area contributed by atoms with E-state index in [1.165, 1.54) is 54.7 Å². The number of aryl methyl sites for hydroxylation is 2. The first-order valence-corrected chi connectivity index (χ1v) is 8.62. The Morgan fingerprint density at radius 2 is 1.71 bits per heavy atom. The summed E-state index contributed by atoms with van der Waals surface area (Å²) in [7, 11) is 0. The molecule has 2 heteroatoms. The zero-order valence-corrected chi connectivity index (χ0v) is 13.4. The van der Waals surface area contributed by atoms with Crippen LogP contribution in [-0.2, 0) is 0 Å². The predicted octanol–water partition coefficient (Wildman–Crippen LogP) is 6.16. The minimum atomic E-state index is 0.588. The van der Waals surface area contributed by atoms with Crippen LogP contribution in [0.4, 0.5) is 0 Å². The van der Waals surface area contributed by atoms with Gasteiger partial charge in [0.2, 0.25) is 0 Å². The third-order valence-electron chi connectivity index (χ3n) is 3.94. The second kappa shape index (κ2) is 6.38. The van der Waals surface area contributed by atoms with E-state index in [2.05, 4.69) is 35.8 Å². The first-order valence-electron chi connectivity index (χ1n) is 6.89. The van der Waals surface area contributed by atoms with Crippen LogP contribution in [0.15, 0.2) is 6.07 Å². The minimum absolute atomic E-state index is 0.588. The van der Waals surface area contributed by atoms with Gasteiger partial charge in [0.05, 0.1) is 0 Å². The van der Waals surface area contributed by atoms with Gasteiger partial charge in [0, 0.05) is 14.6 Å². The summed E-state index contributed by atoms with van der Waals surface area (Å²) >= 11 is 5.92. The smallest absolute Gasteiger partial charge is 0.0434 e. The fraction of sp³-hybridized carbons (Fsp3) is 0.733. The molecule has 0 amide bonds. The van der Waals surface area contributed by atoms with Gasteiger partial charge in [0.25, 0.3) is 0 Å². The Hall–Kier alpha value is 0.180. The molecular weight excluding hydrogens is 292 g/mol. The Morgan fingerprint density at radius 1 is 1.12 bits per heavy atom. The third kappa shape index (κ3) is 3.57. The molecule has 0 bridgehead atoms. The molecule has 0 spiro atoms. The van der Waals surface area contributed by atoms with E-state index < -0.39 is 0 Å². The highest BCUT2D eigenvalue weighted by Crippen LogP contribution is 2.41. The highest BCUT2D eigenvalue weighted by Gasteiger charge is 2.23. The maximum absolute atomic E-state index is 3.98. The van der Waals surface area contributed by atoms with E-state index in [0.717, 1.165) is 5.92 Å². The largest absolute Gasteiger partial charge is 0.146 e. The maximum Gasteiger partial charge on any atom is 0.0434 e. The van der Waals surface area contributed by atoms with Crippen molar-refractivity contribution in [2.24, 2.45) is 5.92 Å². The quantitative estimate of drug-likeness (QED) is 0.573. The molecule has 1 aromatic heterocycles. The fourth-order valence-electron chi connectivity index (χ4n) is 2.96. The molecule has 1 saturated carbocycles. The summed E-state index contributed by atoms with van der Waals surface area (Å²) in [6, 6.07) is 2.39. The van der Waals surface area contributed by atoms with Crippen molar-refractivity contribution in [2.75, 3.05) is 0 Å². The molecule has 2 rings (SSSR count). The third-order valence-corrected chi connectivity index (χ3v) is 6.16. The SMILES string of the molecule is Cc1cc(C(Br)C2CCCCCCC2)c(C)s1.